The Morgan fingerprint density at radius 3 is 2.68 bits per heavy atom. The van der Waals surface area contributed by atoms with Crippen LogP contribution in [-0.4, -0.2) is 39.6 Å². The molecule has 0 aliphatic carbocycles. The van der Waals surface area contributed by atoms with Crippen LogP contribution in [0.25, 0.3) is 11.4 Å². The van der Waals surface area contributed by atoms with Gasteiger partial charge in [0, 0.05) is 23.8 Å². The topological polar surface area (TPSA) is 60.2 Å². The van der Waals surface area contributed by atoms with Crippen molar-refractivity contribution in [2.24, 2.45) is 0 Å². The quantitative estimate of drug-likeness (QED) is 0.474. The van der Waals surface area contributed by atoms with Crippen molar-refractivity contribution in [1.29, 1.82) is 0 Å². The molecule has 0 N–H and O–H groups in total. The molecular formula is C24H28N4O2S. The Morgan fingerprint density at radius 2 is 1.94 bits per heavy atom. The first-order valence-electron chi connectivity index (χ1n) is 10.7. The molecule has 0 saturated heterocycles. The Bertz CT molecular complexity index is 1050. The van der Waals surface area contributed by atoms with Crippen LogP contribution in [0.15, 0.2) is 53.7 Å². The van der Waals surface area contributed by atoms with Crippen molar-refractivity contribution >= 4 is 23.4 Å². The number of amides is 1. The number of methoxy groups -OCH3 is 1. The maximum absolute atomic E-state index is 13.1. The normalized spacial score (nSPS) is 15.2. The van der Waals surface area contributed by atoms with E-state index in [0.717, 1.165) is 53.8 Å². The van der Waals surface area contributed by atoms with Gasteiger partial charge in [0.15, 0.2) is 11.0 Å². The third-order valence-corrected chi connectivity index (χ3v) is 6.55. The summed E-state index contributed by atoms with van der Waals surface area (Å²) in [5.41, 5.74) is 3.26. The number of hydrogen-bond acceptors (Lipinski definition) is 5. The standard InChI is InChI=1S/C24H28N4O2S/c1-4-5-14-27-23(18-10-12-20(30-3)13-11-18)25-26-24(27)31-16-22(29)28-17(2)15-19-8-6-7-9-21(19)28/h6-13,17H,4-5,14-16H2,1-3H3. The number of carbonyl (C=O) groups excluding carboxylic acids is 1. The van der Waals surface area contributed by atoms with Crippen molar-refractivity contribution in [3.8, 4) is 17.1 Å². The Kier molecular flexibility index (Phi) is 6.61. The van der Waals surface area contributed by atoms with Crippen LogP contribution in [0.2, 0.25) is 0 Å². The molecule has 31 heavy (non-hydrogen) atoms. The maximum Gasteiger partial charge on any atom is 0.237 e. The molecule has 0 saturated carbocycles. The summed E-state index contributed by atoms with van der Waals surface area (Å²) in [5.74, 6) is 2.08. The first-order chi connectivity index (χ1) is 15.1. The highest BCUT2D eigenvalue weighted by Gasteiger charge is 2.30. The highest BCUT2D eigenvalue weighted by Crippen LogP contribution is 2.33. The van der Waals surface area contributed by atoms with E-state index in [-0.39, 0.29) is 11.9 Å². The average Bonchev–Trinajstić information content (AvgIpc) is 3.35. The molecule has 7 heteroatoms. The molecule has 1 amide bonds. The van der Waals surface area contributed by atoms with Crippen molar-refractivity contribution in [1.82, 2.24) is 14.8 Å². The number of para-hydroxylation sites is 1. The van der Waals surface area contributed by atoms with E-state index < -0.39 is 0 Å². The number of anilines is 1. The van der Waals surface area contributed by atoms with Gasteiger partial charge in [0.2, 0.25) is 5.91 Å². The van der Waals surface area contributed by atoms with Gasteiger partial charge in [0.1, 0.15) is 5.75 Å². The zero-order valence-electron chi connectivity index (χ0n) is 18.2. The van der Waals surface area contributed by atoms with Gasteiger partial charge in [0.25, 0.3) is 0 Å². The summed E-state index contributed by atoms with van der Waals surface area (Å²) in [7, 11) is 1.66. The van der Waals surface area contributed by atoms with Crippen molar-refractivity contribution in [3.05, 3.63) is 54.1 Å². The number of carbonyl (C=O) groups is 1. The molecule has 1 aliphatic rings. The molecule has 0 radical (unpaired) electrons. The van der Waals surface area contributed by atoms with Crippen LogP contribution in [-0.2, 0) is 17.8 Å². The lowest BCUT2D eigenvalue weighted by Gasteiger charge is -2.22. The number of hydrogen-bond donors (Lipinski definition) is 0. The van der Waals surface area contributed by atoms with Gasteiger partial charge in [-0.05, 0) is 55.7 Å². The second-order valence-electron chi connectivity index (χ2n) is 7.77. The summed E-state index contributed by atoms with van der Waals surface area (Å²) in [6, 6.07) is 16.2. The highest BCUT2D eigenvalue weighted by atomic mass is 32.2. The molecule has 3 aromatic rings. The number of rotatable bonds is 8. The van der Waals surface area contributed by atoms with E-state index >= 15 is 0 Å². The predicted octanol–water partition coefficient (Wildman–Crippen LogP) is 4.82. The highest BCUT2D eigenvalue weighted by molar-refractivity contribution is 7.99. The number of nitrogens with zero attached hydrogens (tertiary/aromatic N) is 4. The minimum absolute atomic E-state index is 0.110. The largest absolute Gasteiger partial charge is 0.497 e. The number of fused-ring (bicyclic) bond motifs is 1. The van der Waals surface area contributed by atoms with E-state index in [4.69, 9.17) is 4.74 Å². The van der Waals surface area contributed by atoms with Crippen LogP contribution in [0, 0.1) is 0 Å². The van der Waals surface area contributed by atoms with E-state index in [9.17, 15) is 4.79 Å². The van der Waals surface area contributed by atoms with Gasteiger partial charge in [-0.2, -0.15) is 0 Å². The fourth-order valence-electron chi connectivity index (χ4n) is 4.01. The second-order valence-corrected chi connectivity index (χ2v) is 8.72. The maximum atomic E-state index is 13.1. The van der Waals surface area contributed by atoms with E-state index in [1.54, 1.807) is 7.11 Å². The van der Waals surface area contributed by atoms with Gasteiger partial charge in [-0.15, -0.1) is 10.2 Å². The Morgan fingerprint density at radius 1 is 1.16 bits per heavy atom. The lowest BCUT2D eigenvalue weighted by molar-refractivity contribution is -0.116. The number of ether oxygens (including phenoxy) is 1. The Hall–Kier alpha value is -2.80. The van der Waals surface area contributed by atoms with Crippen LogP contribution in [0.3, 0.4) is 0 Å². The molecule has 1 aliphatic heterocycles. The molecule has 6 nitrogen and oxygen atoms in total. The lowest BCUT2D eigenvalue weighted by atomic mass is 10.1. The lowest BCUT2D eigenvalue weighted by Crippen LogP contribution is -2.37. The van der Waals surface area contributed by atoms with Crippen LogP contribution in [0.5, 0.6) is 5.75 Å². The minimum Gasteiger partial charge on any atom is -0.497 e. The fraction of sp³-hybridized carbons (Fsp3) is 0.375. The minimum atomic E-state index is 0.110. The molecule has 1 atom stereocenters. The molecule has 1 aromatic heterocycles. The van der Waals surface area contributed by atoms with Crippen molar-refractivity contribution < 1.29 is 9.53 Å². The second kappa shape index (κ2) is 9.56. The first kappa shape index (κ1) is 21.4. The summed E-state index contributed by atoms with van der Waals surface area (Å²) < 4.78 is 7.39. The van der Waals surface area contributed by atoms with Crippen molar-refractivity contribution in [2.45, 2.75) is 50.9 Å². The number of benzene rings is 2. The zero-order chi connectivity index (χ0) is 21.8. The summed E-state index contributed by atoms with van der Waals surface area (Å²) in [6.07, 6.45) is 3.01. The van der Waals surface area contributed by atoms with Gasteiger partial charge in [-0.3, -0.25) is 4.79 Å². The third-order valence-electron chi connectivity index (χ3n) is 5.60. The molecule has 1 unspecified atom stereocenters. The zero-order valence-corrected chi connectivity index (χ0v) is 19.1. The molecule has 0 spiro atoms. The average molecular weight is 437 g/mol. The molecule has 162 valence electrons. The molecule has 0 bridgehead atoms. The molecular weight excluding hydrogens is 408 g/mol. The van der Waals surface area contributed by atoms with Gasteiger partial charge in [-0.25, -0.2) is 0 Å². The van der Waals surface area contributed by atoms with E-state index in [1.807, 2.05) is 47.4 Å². The molecule has 2 heterocycles. The van der Waals surface area contributed by atoms with E-state index in [1.165, 1.54) is 17.3 Å². The van der Waals surface area contributed by atoms with Crippen LogP contribution >= 0.6 is 11.8 Å². The van der Waals surface area contributed by atoms with Gasteiger partial charge in [-0.1, -0.05) is 43.3 Å². The van der Waals surface area contributed by atoms with Crippen LogP contribution < -0.4 is 9.64 Å². The van der Waals surface area contributed by atoms with Crippen LogP contribution in [0.1, 0.15) is 32.3 Å². The molecule has 2 aromatic carbocycles. The number of aromatic nitrogens is 3. The summed E-state index contributed by atoms with van der Waals surface area (Å²) in [4.78, 5) is 15.0. The van der Waals surface area contributed by atoms with Crippen molar-refractivity contribution in [2.75, 3.05) is 17.8 Å². The van der Waals surface area contributed by atoms with Gasteiger partial charge >= 0.3 is 0 Å². The molecule has 4 rings (SSSR count). The first-order valence-corrected chi connectivity index (χ1v) is 11.7. The van der Waals surface area contributed by atoms with Gasteiger partial charge in [0.05, 0.1) is 12.9 Å². The smallest absolute Gasteiger partial charge is 0.237 e. The van der Waals surface area contributed by atoms with Gasteiger partial charge < -0.3 is 14.2 Å². The number of thioether (sulfide) groups is 1. The third kappa shape index (κ3) is 4.46. The Labute approximate surface area is 187 Å². The predicted molar refractivity (Wildman–Crippen MR) is 125 cm³/mol. The fourth-order valence-corrected chi connectivity index (χ4v) is 4.83. The molecule has 0 fully saturated rings. The van der Waals surface area contributed by atoms with Crippen molar-refractivity contribution in [3.63, 3.8) is 0 Å². The van der Waals surface area contributed by atoms with E-state index in [0.29, 0.717) is 5.75 Å². The monoisotopic (exact) mass is 436 g/mol. The summed E-state index contributed by atoms with van der Waals surface area (Å²) >= 11 is 1.47. The van der Waals surface area contributed by atoms with E-state index in [2.05, 4.69) is 34.7 Å². The Balaban J connectivity index is 1.53. The SMILES string of the molecule is CCCCn1c(SCC(=O)N2c3ccccc3CC2C)nnc1-c1ccc(OC)cc1. The number of unbranched alkanes of at least 4 members (excludes halogenated alkanes) is 1. The summed E-state index contributed by atoms with van der Waals surface area (Å²) in [6.45, 7) is 5.10. The van der Waals surface area contributed by atoms with Crippen LogP contribution in [0.4, 0.5) is 5.69 Å². The summed E-state index contributed by atoms with van der Waals surface area (Å²) in [5, 5.41) is 9.66.